The average Bonchev–Trinajstić information content (AvgIpc) is 2.62. The molecule has 0 fully saturated rings. The quantitative estimate of drug-likeness (QED) is 0.529. The molecule has 0 saturated carbocycles. The second-order valence-electron chi connectivity index (χ2n) is 5.88. The molecule has 0 aliphatic carbocycles. The molecule has 8 heteroatoms. The van der Waals surface area contributed by atoms with Gasteiger partial charge in [0.2, 0.25) is 5.91 Å². The van der Waals surface area contributed by atoms with Crippen LogP contribution in [0.2, 0.25) is 0 Å². The van der Waals surface area contributed by atoms with Gasteiger partial charge < -0.3 is 21.1 Å². The van der Waals surface area contributed by atoms with Crippen molar-refractivity contribution in [2.75, 3.05) is 24.2 Å². The number of halogens is 1. The number of benzene rings is 2. The van der Waals surface area contributed by atoms with Crippen molar-refractivity contribution in [3.05, 3.63) is 58.9 Å². The van der Waals surface area contributed by atoms with Crippen molar-refractivity contribution in [1.29, 1.82) is 0 Å². The summed E-state index contributed by atoms with van der Waals surface area (Å²) in [5, 5.41) is 5.04. The average molecular weight is 373 g/mol. The molecule has 0 unspecified atom stereocenters. The Morgan fingerprint density at radius 3 is 2.56 bits per heavy atom. The van der Waals surface area contributed by atoms with Gasteiger partial charge in [0.25, 0.3) is 5.91 Å². The minimum Gasteiger partial charge on any atom is -0.452 e. The van der Waals surface area contributed by atoms with Crippen LogP contribution in [-0.4, -0.2) is 30.9 Å². The Kier molecular flexibility index (Phi) is 6.48. The van der Waals surface area contributed by atoms with Gasteiger partial charge >= 0.3 is 5.97 Å². The van der Waals surface area contributed by atoms with Crippen LogP contribution in [-0.2, 0) is 14.3 Å². The fourth-order valence-corrected chi connectivity index (χ4v) is 2.24. The summed E-state index contributed by atoms with van der Waals surface area (Å²) in [4.78, 5) is 35.5. The molecule has 0 radical (unpaired) electrons. The first kappa shape index (κ1) is 19.9. The zero-order chi connectivity index (χ0) is 20.0. The summed E-state index contributed by atoms with van der Waals surface area (Å²) in [5.74, 6) is -2.51. The van der Waals surface area contributed by atoms with E-state index < -0.39 is 30.2 Å². The third-order valence-corrected chi connectivity index (χ3v) is 3.89. The van der Waals surface area contributed by atoms with Crippen molar-refractivity contribution >= 4 is 29.2 Å². The van der Waals surface area contributed by atoms with Crippen LogP contribution >= 0.6 is 0 Å². The highest BCUT2D eigenvalue weighted by Gasteiger charge is 2.14. The van der Waals surface area contributed by atoms with Gasteiger partial charge in [0.15, 0.2) is 6.61 Å². The monoisotopic (exact) mass is 373 g/mol. The van der Waals surface area contributed by atoms with E-state index in [1.807, 2.05) is 26.0 Å². The van der Waals surface area contributed by atoms with E-state index in [1.54, 1.807) is 6.07 Å². The van der Waals surface area contributed by atoms with E-state index in [4.69, 9.17) is 10.5 Å². The van der Waals surface area contributed by atoms with Crippen LogP contribution in [0.25, 0.3) is 0 Å². The van der Waals surface area contributed by atoms with Gasteiger partial charge in [0, 0.05) is 11.4 Å². The van der Waals surface area contributed by atoms with Gasteiger partial charge in [-0.25, -0.2) is 9.18 Å². The molecule has 0 aliphatic heterocycles. The van der Waals surface area contributed by atoms with E-state index in [-0.39, 0.29) is 17.8 Å². The molecular weight excluding hydrogens is 353 g/mol. The van der Waals surface area contributed by atoms with E-state index in [9.17, 15) is 18.8 Å². The number of esters is 1. The number of aryl methyl sites for hydroxylation is 1. The largest absolute Gasteiger partial charge is 0.452 e. The Hall–Kier alpha value is -3.42. The number of amides is 2. The van der Waals surface area contributed by atoms with Gasteiger partial charge in [-0.15, -0.1) is 0 Å². The molecule has 0 aliphatic rings. The van der Waals surface area contributed by atoms with Crippen molar-refractivity contribution in [1.82, 2.24) is 5.32 Å². The molecular formula is C19H20FN3O4. The number of hydrogen-bond donors (Lipinski definition) is 3. The van der Waals surface area contributed by atoms with Crippen molar-refractivity contribution in [3.8, 4) is 0 Å². The van der Waals surface area contributed by atoms with Crippen LogP contribution in [0.1, 0.15) is 21.5 Å². The maximum Gasteiger partial charge on any atom is 0.340 e. The van der Waals surface area contributed by atoms with E-state index in [2.05, 4.69) is 10.6 Å². The number of carbonyl (C=O) groups is 3. The Bertz CT molecular complexity index is 883. The topological polar surface area (TPSA) is 111 Å². The normalized spacial score (nSPS) is 10.2. The number of anilines is 2. The predicted molar refractivity (Wildman–Crippen MR) is 98.7 cm³/mol. The molecule has 2 amide bonds. The molecule has 0 bridgehead atoms. The van der Waals surface area contributed by atoms with Crippen molar-refractivity contribution < 1.29 is 23.5 Å². The molecule has 142 valence electrons. The smallest absolute Gasteiger partial charge is 0.340 e. The Morgan fingerprint density at radius 2 is 1.85 bits per heavy atom. The maximum absolute atomic E-state index is 13.0. The number of carbonyl (C=O) groups excluding carboxylic acids is 3. The summed E-state index contributed by atoms with van der Waals surface area (Å²) in [7, 11) is 0. The molecule has 0 heterocycles. The van der Waals surface area contributed by atoms with Crippen molar-refractivity contribution in [3.63, 3.8) is 0 Å². The van der Waals surface area contributed by atoms with Gasteiger partial charge in [0.05, 0.1) is 12.1 Å². The SMILES string of the molecule is Cc1cccc(NC(=O)CNC(=O)COC(=O)c2ccc(F)cc2N)c1C. The van der Waals surface area contributed by atoms with Gasteiger partial charge in [-0.1, -0.05) is 12.1 Å². The van der Waals surface area contributed by atoms with Gasteiger partial charge in [-0.2, -0.15) is 0 Å². The molecule has 2 aromatic rings. The number of rotatable bonds is 6. The van der Waals surface area contributed by atoms with E-state index in [0.29, 0.717) is 5.69 Å². The minimum atomic E-state index is -0.859. The summed E-state index contributed by atoms with van der Waals surface area (Å²) in [6.07, 6.45) is 0. The van der Waals surface area contributed by atoms with Crippen molar-refractivity contribution in [2.45, 2.75) is 13.8 Å². The lowest BCUT2D eigenvalue weighted by atomic mass is 10.1. The molecule has 0 saturated heterocycles. The summed E-state index contributed by atoms with van der Waals surface area (Å²) in [6.45, 7) is 2.94. The van der Waals surface area contributed by atoms with E-state index in [1.165, 1.54) is 6.07 Å². The van der Waals surface area contributed by atoms with Gasteiger partial charge in [-0.05, 0) is 49.2 Å². The Morgan fingerprint density at radius 1 is 1.11 bits per heavy atom. The zero-order valence-corrected chi connectivity index (χ0v) is 15.0. The second-order valence-corrected chi connectivity index (χ2v) is 5.88. The summed E-state index contributed by atoms with van der Waals surface area (Å²) in [5.41, 5.74) is 8.02. The molecule has 0 aromatic heterocycles. The molecule has 4 N–H and O–H groups in total. The maximum atomic E-state index is 13.0. The van der Waals surface area contributed by atoms with E-state index in [0.717, 1.165) is 23.3 Å². The Balaban J connectivity index is 1.79. The highest BCUT2D eigenvalue weighted by molar-refractivity contribution is 5.97. The fourth-order valence-electron chi connectivity index (χ4n) is 2.24. The first-order valence-corrected chi connectivity index (χ1v) is 8.13. The predicted octanol–water partition coefficient (Wildman–Crippen LogP) is 1.94. The summed E-state index contributed by atoms with van der Waals surface area (Å²) in [6, 6.07) is 8.71. The lowest BCUT2D eigenvalue weighted by Crippen LogP contribution is -2.35. The lowest BCUT2D eigenvalue weighted by Gasteiger charge is -2.11. The van der Waals surface area contributed by atoms with Crippen LogP contribution in [0.5, 0.6) is 0 Å². The highest BCUT2D eigenvalue weighted by atomic mass is 19.1. The highest BCUT2D eigenvalue weighted by Crippen LogP contribution is 2.17. The molecule has 7 nitrogen and oxygen atoms in total. The number of ether oxygens (including phenoxy) is 1. The number of hydrogen-bond acceptors (Lipinski definition) is 5. The number of nitrogen functional groups attached to an aromatic ring is 1. The molecule has 2 aromatic carbocycles. The molecule has 2 rings (SSSR count). The third kappa shape index (κ3) is 5.53. The zero-order valence-electron chi connectivity index (χ0n) is 15.0. The molecule has 0 spiro atoms. The first-order valence-electron chi connectivity index (χ1n) is 8.13. The number of nitrogens with two attached hydrogens (primary N) is 1. The van der Waals surface area contributed by atoms with Crippen LogP contribution in [0.15, 0.2) is 36.4 Å². The minimum absolute atomic E-state index is 0.0446. The number of nitrogens with one attached hydrogen (secondary N) is 2. The molecule has 27 heavy (non-hydrogen) atoms. The van der Waals surface area contributed by atoms with Gasteiger partial charge in [-0.3, -0.25) is 9.59 Å². The van der Waals surface area contributed by atoms with Crippen LogP contribution in [0.4, 0.5) is 15.8 Å². The molecule has 0 atom stereocenters. The summed E-state index contributed by atoms with van der Waals surface area (Å²) < 4.78 is 17.8. The van der Waals surface area contributed by atoms with Crippen LogP contribution < -0.4 is 16.4 Å². The van der Waals surface area contributed by atoms with Gasteiger partial charge in [0.1, 0.15) is 5.82 Å². The van der Waals surface area contributed by atoms with Crippen molar-refractivity contribution in [2.24, 2.45) is 0 Å². The standard InChI is InChI=1S/C19H20FN3O4/c1-11-4-3-5-16(12(11)2)23-17(24)9-22-18(25)10-27-19(26)14-7-6-13(20)8-15(14)21/h3-8H,9-10,21H2,1-2H3,(H,22,25)(H,23,24). The fraction of sp³-hybridized carbons (Fsp3) is 0.211. The first-order chi connectivity index (χ1) is 12.8. The second kappa shape index (κ2) is 8.79. The summed E-state index contributed by atoms with van der Waals surface area (Å²) >= 11 is 0. The van der Waals surface area contributed by atoms with Crippen LogP contribution in [0.3, 0.4) is 0 Å². The van der Waals surface area contributed by atoms with E-state index >= 15 is 0 Å². The Labute approximate surface area is 155 Å². The third-order valence-electron chi connectivity index (χ3n) is 3.89. The lowest BCUT2D eigenvalue weighted by molar-refractivity contribution is -0.126. The van der Waals surface area contributed by atoms with Crippen LogP contribution in [0, 0.1) is 19.7 Å².